The summed E-state index contributed by atoms with van der Waals surface area (Å²) in [4.78, 5) is 63.3. The first kappa shape index (κ1) is 24.8. The van der Waals surface area contributed by atoms with Gasteiger partial charge in [-0.3, -0.25) is 24.0 Å². The van der Waals surface area contributed by atoms with Crippen LogP contribution in [-0.4, -0.2) is 54.6 Å². The zero-order chi connectivity index (χ0) is 24.8. The van der Waals surface area contributed by atoms with Crippen molar-refractivity contribution in [3.63, 3.8) is 0 Å². The van der Waals surface area contributed by atoms with Gasteiger partial charge < -0.3 is 21.3 Å². The predicted octanol–water partition coefficient (Wildman–Crippen LogP) is 1.66. The largest absolute Gasteiger partial charge is 0.356 e. The van der Waals surface area contributed by atoms with Crippen LogP contribution in [0.25, 0.3) is 10.1 Å². The van der Waals surface area contributed by atoms with Gasteiger partial charge in [0.05, 0.1) is 17.5 Å². The SMILES string of the molecule is O=C(CNC(=O)c1cc2ccccc2s1)NC(C[C@@H]1CCNC1=O)C(=O)C(=O)NC1CCCCC1. The van der Waals surface area contributed by atoms with Crippen LogP contribution >= 0.6 is 11.3 Å². The van der Waals surface area contributed by atoms with Crippen LogP contribution in [0.2, 0.25) is 0 Å². The molecule has 1 aliphatic heterocycles. The van der Waals surface area contributed by atoms with Crippen LogP contribution in [0, 0.1) is 5.92 Å². The molecule has 1 aromatic carbocycles. The van der Waals surface area contributed by atoms with Crippen molar-refractivity contribution in [3.05, 3.63) is 35.2 Å². The maximum Gasteiger partial charge on any atom is 0.289 e. The molecule has 1 aromatic heterocycles. The molecular weight excluding hydrogens is 468 g/mol. The topological polar surface area (TPSA) is 133 Å². The lowest BCUT2D eigenvalue weighted by atomic mass is 9.93. The lowest BCUT2D eigenvalue weighted by molar-refractivity contribution is -0.141. The lowest BCUT2D eigenvalue weighted by Crippen LogP contribution is -2.52. The first-order valence-electron chi connectivity index (χ1n) is 12.1. The van der Waals surface area contributed by atoms with E-state index in [0.717, 1.165) is 42.2 Å². The molecule has 4 rings (SSSR count). The summed E-state index contributed by atoms with van der Waals surface area (Å²) in [6, 6.07) is 8.16. The van der Waals surface area contributed by atoms with Gasteiger partial charge >= 0.3 is 0 Å². The first-order chi connectivity index (χ1) is 16.9. The molecule has 1 aliphatic carbocycles. The van der Waals surface area contributed by atoms with Crippen LogP contribution in [0.5, 0.6) is 0 Å². The highest BCUT2D eigenvalue weighted by atomic mass is 32.1. The van der Waals surface area contributed by atoms with Crippen molar-refractivity contribution in [3.8, 4) is 0 Å². The molecule has 1 saturated carbocycles. The number of thiophene rings is 1. The standard InChI is InChI=1S/C25H30N4O5S/c30-21(14-27-24(33)20-13-15-6-4-5-9-19(15)35-20)29-18(12-16-10-11-26-23(16)32)22(31)25(34)28-17-7-2-1-3-8-17/h4-6,9,13,16-18H,1-3,7-8,10-12,14H2,(H,26,32)(H,27,33)(H,28,34)(H,29,30)/t16-,18?/m0/s1. The Morgan fingerprint density at radius 3 is 2.54 bits per heavy atom. The van der Waals surface area contributed by atoms with Gasteiger partial charge in [0.25, 0.3) is 11.8 Å². The average molecular weight is 499 g/mol. The Kier molecular flexibility index (Phi) is 8.12. The third-order valence-corrected chi connectivity index (χ3v) is 7.67. The minimum Gasteiger partial charge on any atom is -0.356 e. The molecule has 0 radical (unpaired) electrons. The highest BCUT2D eigenvalue weighted by Crippen LogP contribution is 2.25. The molecule has 2 aromatic rings. The first-order valence-corrected chi connectivity index (χ1v) is 12.9. The van der Waals surface area contributed by atoms with Crippen molar-refractivity contribution in [2.24, 2.45) is 5.92 Å². The molecule has 1 unspecified atom stereocenters. The third-order valence-electron chi connectivity index (χ3n) is 6.56. The monoisotopic (exact) mass is 498 g/mol. The quantitative estimate of drug-likeness (QED) is 0.390. The van der Waals surface area contributed by atoms with Gasteiger partial charge in [0, 0.05) is 23.2 Å². The van der Waals surface area contributed by atoms with Gasteiger partial charge in [0.2, 0.25) is 17.6 Å². The van der Waals surface area contributed by atoms with E-state index in [0.29, 0.717) is 17.8 Å². The maximum atomic E-state index is 13.0. The average Bonchev–Trinajstić information content (AvgIpc) is 3.48. The van der Waals surface area contributed by atoms with Crippen LogP contribution < -0.4 is 21.3 Å². The van der Waals surface area contributed by atoms with E-state index in [-0.39, 0.29) is 24.9 Å². The van der Waals surface area contributed by atoms with E-state index in [1.807, 2.05) is 24.3 Å². The third kappa shape index (κ3) is 6.45. The summed E-state index contributed by atoms with van der Waals surface area (Å²) in [6.45, 7) is 0.149. The second-order valence-electron chi connectivity index (χ2n) is 9.14. The maximum absolute atomic E-state index is 13.0. The van der Waals surface area contributed by atoms with E-state index in [1.165, 1.54) is 11.3 Å². The predicted molar refractivity (Wildman–Crippen MR) is 132 cm³/mol. The molecule has 2 aliphatic rings. The molecule has 2 atom stereocenters. The molecule has 2 heterocycles. The molecule has 186 valence electrons. The Morgan fingerprint density at radius 1 is 1.06 bits per heavy atom. The summed E-state index contributed by atoms with van der Waals surface area (Å²) in [6.07, 6.45) is 5.34. The molecule has 10 heteroatoms. The molecule has 4 amide bonds. The highest BCUT2D eigenvalue weighted by molar-refractivity contribution is 7.20. The summed E-state index contributed by atoms with van der Waals surface area (Å²) in [5.41, 5.74) is 0. The summed E-state index contributed by atoms with van der Waals surface area (Å²) in [7, 11) is 0. The minimum atomic E-state index is -1.14. The van der Waals surface area contributed by atoms with E-state index in [4.69, 9.17) is 0 Å². The number of nitrogens with one attached hydrogen (secondary N) is 4. The van der Waals surface area contributed by atoms with Gasteiger partial charge in [-0.2, -0.15) is 0 Å². The second kappa shape index (κ2) is 11.4. The van der Waals surface area contributed by atoms with E-state index >= 15 is 0 Å². The number of carbonyl (C=O) groups is 5. The van der Waals surface area contributed by atoms with Crippen LogP contribution in [0.15, 0.2) is 30.3 Å². The number of hydrogen-bond donors (Lipinski definition) is 4. The van der Waals surface area contributed by atoms with Crippen molar-refractivity contribution in [1.82, 2.24) is 21.3 Å². The minimum absolute atomic E-state index is 0.0404. The fraction of sp³-hybridized carbons (Fsp3) is 0.480. The van der Waals surface area contributed by atoms with Gasteiger partial charge in [-0.05, 0) is 43.2 Å². The molecule has 9 nitrogen and oxygen atoms in total. The van der Waals surface area contributed by atoms with Crippen molar-refractivity contribution < 1.29 is 24.0 Å². The molecule has 0 bridgehead atoms. The summed E-state index contributed by atoms with van der Waals surface area (Å²) >= 11 is 1.32. The number of rotatable bonds is 9. The molecule has 2 fully saturated rings. The number of Topliss-reactive ketones (excluding diaryl/α,β-unsaturated/α-hetero) is 1. The molecule has 0 spiro atoms. The van der Waals surface area contributed by atoms with Crippen LogP contribution in [-0.2, 0) is 19.2 Å². The number of benzene rings is 1. The van der Waals surface area contributed by atoms with Gasteiger partial charge in [0.15, 0.2) is 0 Å². The Hall–Kier alpha value is -3.27. The highest BCUT2D eigenvalue weighted by Gasteiger charge is 2.34. The molecular formula is C25H30N4O5S. The lowest BCUT2D eigenvalue weighted by Gasteiger charge is -2.24. The smallest absolute Gasteiger partial charge is 0.289 e. The molecule has 35 heavy (non-hydrogen) atoms. The van der Waals surface area contributed by atoms with Crippen molar-refractivity contribution in [2.75, 3.05) is 13.1 Å². The Labute approximate surface area is 207 Å². The zero-order valence-electron chi connectivity index (χ0n) is 19.4. The van der Waals surface area contributed by atoms with E-state index < -0.39 is 35.5 Å². The second-order valence-corrected chi connectivity index (χ2v) is 10.2. The Bertz CT molecular complexity index is 1090. The number of hydrogen-bond acceptors (Lipinski definition) is 6. The summed E-state index contributed by atoms with van der Waals surface area (Å²) in [5, 5.41) is 11.6. The fourth-order valence-corrected chi connectivity index (χ4v) is 5.61. The zero-order valence-corrected chi connectivity index (χ0v) is 20.2. The van der Waals surface area contributed by atoms with Gasteiger partial charge in [0.1, 0.15) is 0 Å². The number of fused-ring (bicyclic) bond motifs is 1. The van der Waals surface area contributed by atoms with Crippen LogP contribution in [0.1, 0.15) is 54.6 Å². The van der Waals surface area contributed by atoms with Crippen molar-refractivity contribution in [2.45, 2.75) is 57.0 Å². The Morgan fingerprint density at radius 2 is 1.83 bits per heavy atom. The molecule has 1 saturated heterocycles. The van der Waals surface area contributed by atoms with Crippen LogP contribution in [0.3, 0.4) is 0 Å². The van der Waals surface area contributed by atoms with Crippen molar-refractivity contribution in [1.29, 1.82) is 0 Å². The Balaban J connectivity index is 1.36. The fourth-order valence-electron chi connectivity index (χ4n) is 4.63. The number of ketones is 1. The molecule has 4 N–H and O–H groups in total. The van der Waals surface area contributed by atoms with Gasteiger partial charge in [-0.15, -0.1) is 11.3 Å². The van der Waals surface area contributed by atoms with Crippen molar-refractivity contribution >= 4 is 50.8 Å². The number of carbonyl (C=O) groups excluding carboxylic acids is 5. The van der Waals surface area contributed by atoms with E-state index in [9.17, 15) is 24.0 Å². The van der Waals surface area contributed by atoms with Gasteiger partial charge in [-0.1, -0.05) is 37.5 Å². The van der Waals surface area contributed by atoms with E-state index in [2.05, 4.69) is 21.3 Å². The van der Waals surface area contributed by atoms with Crippen LogP contribution in [0.4, 0.5) is 0 Å². The number of amides is 4. The summed E-state index contributed by atoms with van der Waals surface area (Å²) in [5.74, 6) is -3.15. The van der Waals surface area contributed by atoms with E-state index in [1.54, 1.807) is 6.07 Å². The normalized spacial score (nSPS) is 19.1. The summed E-state index contributed by atoms with van der Waals surface area (Å²) < 4.78 is 0.964. The van der Waals surface area contributed by atoms with Gasteiger partial charge in [-0.25, -0.2) is 0 Å².